The number of amides is 1. The molecule has 1 rings (SSSR count). The molecule has 1 amide bonds. The number of hydrogen-bond acceptors (Lipinski definition) is 5. The molecule has 0 radical (unpaired) electrons. The maximum absolute atomic E-state index is 11.5. The first-order valence-corrected chi connectivity index (χ1v) is 4.76. The molecule has 0 aromatic heterocycles. The van der Waals surface area contributed by atoms with Gasteiger partial charge >= 0.3 is 5.97 Å². The van der Waals surface area contributed by atoms with E-state index in [9.17, 15) is 9.59 Å². The van der Waals surface area contributed by atoms with Crippen molar-refractivity contribution in [2.45, 2.75) is 12.0 Å². The second-order valence-electron chi connectivity index (χ2n) is 3.45. The van der Waals surface area contributed by atoms with Gasteiger partial charge in [-0.25, -0.2) is 4.79 Å². The summed E-state index contributed by atoms with van der Waals surface area (Å²) in [5, 5.41) is 5.35. The first-order chi connectivity index (χ1) is 7.14. The normalized spacial score (nSPS) is 24.9. The number of esters is 1. The van der Waals surface area contributed by atoms with E-state index in [4.69, 9.17) is 4.74 Å². The van der Waals surface area contributed by atoms with Gasteiger partial charge in [-0.2, -0.15) is 0 Å². The number of hydrogen-bond donors (Lipinski definition) is 2. The largest absolute Gasteiger partial charge is 0.467 e. The summed E-state index contributed by atoms with van der Waals surface area (Å²) < 4.78 is 9.79. The van der Waals surface area contributed by atoms with Gasteiger partial charge < -0.3 is 20.1 Å². The molecule has 86 valence electrons. The van der Waals surface area contributed by atoms with Crippen LogP contribution >= 0.6 is 0 Å². The van der Waals surface area contributed by atoms with Gasteiger partial charge in [0, 0.05) is 13.0 Å². The van der Waals surface area contributed by atoms with Crippen LogP contribution in [0.25, 0.3) is 0 Å². The van der Waals surface area contributed by atoms with E-state index < -0.39 is 11.5 Å². The van der Waals surface area contributed by atoms with Crippen LogP contribution in [-0.2, 0) is 19.1 Å². The average Bonchev–Trinajstić information content (AvgIpc) is 2.66. The zero-order chi connectivity index (χ0) is 11.3. The zero-order valence-corrected chi connectivity index (χ0v) is 8.96. The van der Waals surface area contributed by atoms with Gasteiger partial charge in [0.2, 0.25) is 5.91 Å². The molecule has 0 aromatic carbocycles. The van der Waals surface area contributed by atoms with Crippen LogP contribution < -0.4 is 10.6 Å². The zero-order valence-electron chi connectivity index (χ0n) is 8.96. The number of carbonyl (C=O) groups is 2. The lowest BCUT2D eigenvalue weighted by Gasteiger charge is -2.25. The molecule has 1 aliphatic heterocycles. The van der Waals surface area contributed by atoms with Gasteiger partial charge in [0.25, 0.3) is 0 Å². The number of nitrogens with one attached hydrogen (secondary N) is 2. The number of ether oxygens (including phenoxy) is 2. The van der Waals surface area contributed by atoms with Gasteiger partial charge in [0.1, 0.15) is 0 Å². The van der Waals surface area contributed by atoms with Gasteiger partial charge in [-0.1, -0.05) is 0 Å². The Morgan fingerprint density at radius 3 is 2.73 bits per heavy atom. The monoisotopic (exact) mass is 216 g/mol. The number of rotatable bonds is 4. The number of methoxy groups -OCH3 is 1. The molecular weight excluding hydrogens is 200 g/mol. The van der Waals surface area contributed by atoms with Crippen molar-refractivity contribution in [1.29, 1.82) is 0 Å². The lowest BCUT2D eigenvalue weighted by atomic mass is 9.99. The van der Waals surface area contributed by atoms with E-state index in [0.29, 0.717) is 13.0 Å². The third kappa shape index (κ3) is 2.66. The highest BCUT2D eigenvalue weighted by Crippen LogP contribution is 2.20. The Labute approximate surface area is 88.3 Å². The number of likely N-dealkylation sites (N-methyl/N-ethyl adjacent to an activating group) is 1. The Kier molecular flexibility index (Phi) is 4.05. The first kappa shape index (κ1) is 11.9. The van der Waals surface area contributed by atoms with E-state index in [-0.39, 0.29) is 19.1 Å². The molecule has 1 aliphatic rings. The summed E-state index contributed by atoms with van der Waals surface area (Å²) in [5.41, 5.74) is -0.997. The fourth-order valence-electron chi connectivity index (χ4n) is 1.54. The molecule has 0 spiro atoms. The summed E-state index contributed by atoms with van der Waals surface area (Å²) in [5.74, 6) is -0.696. The van der Waals surface area contributed by atoms with Crippen LogP contribution in [0.4, 0.5) is 0 Å². The average molecular weight is 216 g/mol. The molecule has 1 unspecified atom stereocenters. The van der Waals surface area contributed by atoms with Gasteiger partial charge in [0.15, 0.2) is 5.54 Å². The maximum atomic E-state index is 11.5. The highest BCUT2D eigenvalue weighted by atomic mass is 16.5. The molecule has 2 N–H and O–H groups in total. The van der Waals surface area contributed by atoms with E-state index in [2.05, 4.69) is 15.4 Å². The van der Waals surface area contributed by atoms with Gasteiger partial charge in [0.05, 0.1) is 20.3 Å². The summed E-state index contributed by atoms with van der Waals surface area (Å²) in [6.45, 7) is 0.794. The van der Waals surface area contributed by atoms with Gasteiger partial charge in [-0.15, -0.1) is 0 Å². The molecule has 0 saturated carbocycles. The summed E-state index contributed by atoms with van der Waals surface area (Å²) in [6, 6.07) is 0. The molecule has 6 nitrogen and oxygen atoms in total. The fraction of sp³-hybridized carbons (Fsp3) is 0.778. The topological polar surface area (TPSA) is 76.7 Å². The van der Waals surface area contributed by atoms with Crippen molar-refractivity contribution in [3.8, 4) is 0 Å². The fourth-order valence-corrected chi connectivity index (χ4v) is 1.54. The molecule has 15 heavy (non-hydrogen) atoms. The van der Waals surface area contributed by atoms with Crippen molar-refractivity contribution in [2.24, 2.45) is 0 Å². The summed E-state index contributed by atoms with van der Waals surface area (Å²) in [4.78, 5) is 22.9. The Balaban J connectivity index is 2.65. The highest BCUT2D eigenvalue weighted by molar-refractivity contribution is 5.89. The molecular formula is C9H16N2O4. The Hall–Kier alpha value is -1.14. The third-order valence-corrected chi connectivity index (χ3v) is 2.31. The summed E-state index contributed by atoms with van der Waals surface area (Å²) in [7, 11) is 2.96. The van der Waals surface area contributed by atoms with E-state index in [1.165, 1.54) is 7.11 Å². The SMILES string of the molecule is CNCC(=O)NC1(C(=O)OC)CCOC1. The molecule has 6 heteroatoms. The van der Waals surface area contributed by atoms with Crippen LogP contribution in [0.5, 0.6) is 0 Å². The minimum absolute atomic E-state index is 0.165. The summed E-state index contributed by atoms with van der Waals surface area (Å²) >= 11 is 0. The smallest absolute Gasteiger partial charge is 0.334 e. The van der Waals surface area contributed by atoms with Gasteiger partial charge in [-0.3, -0.25) is 4.79 Å². The molecule has 1 heterocycles. The second-order valence-corrected chi connectivity index (χ2v) is 3.45. The van der Waals surface area contributed by atoms with Crippen LogP contribution in [-0.4, -0.2) is 51.3 Å². The lowest BCUT2D eigenvalue weighted by Crippen LogP contribution is -2.57. The molecule has 1 fully saturated rings. The van der Waals surface area contributed by atoms with Crippen LogP contribution in [0.3, 0.4) is 0 Å². The van der Waals surface area contributed by atoms with Gasteiger partial charge in [-0.05, 0) is 7.05 Å². The van der Waals surface area contributed by atoms with Crippen molar-refractivity contribution in [3.63, 3.8) is 0 Å². The quantitative estimate of drug-likeness (QED) is 0.568. The van der Waals surface area contributed by atoms with Crippen molar-refractivity contribution in [2.75, 3.05) is 33.9 Å². The predicted octanol–water partition coefficient (Wildman–Crippen LogP) is -1.35. The standard InChI is InChI=1S/C9H16N2O4/c1-10-5-7(12)11-9(8(13)14-2)3-4-15-6-9/h10H,3-6H2,1-2H3,(H,11,12). The molecule has 1 saturated heterocycles. The van der Waals surface area contributed by atoms with Crippen molar-refractivity contribution in [1.82, 2.24) is 10.6 Å². The van der Waals surface area contributed by atoms with E-state index in [0.717, 1.165) is 0 Å². The third-order valence-electron chi connectivity index (χ3n) is 2.31. The Bertz CT molecular complexity index is 248. The van der Waals surface area contributed by atoms with E-state index in [1.807, 2.05) is 0 Å². The second kappa shape index (κ2) is 5.09. The first-order valence-electron chi connectivity index (χ1n) is 4.76. The maximum Gasteiger partial charge on any atom is 0.334 e. The van der Waals surface area contributed by atoms with Crippen molar-refractivity contribution < 1.29 is 19.1 Å². The highest BCUT2D eigenvalue weighted by Gasteiger charge is 2.44. The van der Waals surface area contributed by atoms with Crippen molar-refractivity contribution in [3.05, 3.63) is 0 Å². The predicted molar refractivity (Wildman–Crippen MR) is 52.3 cm³/mol. The lowest BCUT2D eigenvalue weighted by molar-refractivity contribution is -0.150. The van der Waals surface area contributed by atoms with E-state index in [1.54, 1.807) is 7.05 Å². The molecule has 0 bridgehead atoms. The Morgan fingerprint density at radius 2 is 2.27 bits per heavy atom. The van der Waals surface area contributed by atoms with Crippen molar-refractivity contribution >= 4 is 11.9 Å². The molecule has 0 aromatic rings. The van der Waals surface area contributed by atoms with Crippen LogP contribution in [0.15, 0.2) is 0 Å². The minimum atomic E-state index is -0.997. The minimum Gasteiger partial charge on any atom is -0.467 e. The van der Waals surface area contributed by atoms with Crippen LogP contribution in [0, 0.1) is 0 Å². The number of carbonyl (C=O) groups excluding carboxylic acids is 2. The van der Waals surface area contributed by atoms with Crippen LogP contribution in [0.1, 0.15) is 6.42 Å². The summed E-state index contributed by atoms with van der Waals surface area (Å²) in [6.07, 6.45) is 0.453. The molecule has 0 aliphatic carbocycles. The Morgan fingerprint density at radius 1 is 1.53 bits per heavy atom. The van der Waals surface area contributed by atoms with E-state index >= 15 is 0 Å². The molecule has 1 atom stereocenters. The van der Waals surface area contributed by atoms with Crippen LogP contribution in [0.2, 0.25) is 0 Å².